The molecule has 10 atom stereocenters. The van der Waals surface area contributed by atoms with Crippen molar-refractivity contribution in [2.75, 3.05) is 6.61 Å². The largest absolute Gasteiger partial charge is 0.493 e. The lowest BCUT2D eigenvalue weighted by Gasteiger charge is -2.35. The van der Waals surface area contributed by atoms with Crippen LogP contribution < -0.4 is 42.6 Å². The molecule has 8 unspecified atom stereocenters. The molecule has 0 spiro atoms. The average molecular weight is 1130 g/mol. The molecule has 1 aliphatic heterocycles. The molecular weight excluding hydrogens is 1060 g/mol. The Labute approximate surface area is 458 Å². The highest BCUT2D eigenvalue weighted by atomic mass is 16.6. The van der Waals surface area contributed by atoms with Crippen molar-refractivity contribution < 1.29 is 127 Å². The van der Waals surface area contributed by atoms with Gasteiger partial charge in [-0.1, -0.05) is 0 Å². The van der Waals surface area contributed by atoms with E-state index in [1.807, 2.05) is 0 Å². The lowest BCUT2D eigenvalue weighted by Crippen LogP contribution is -2.35. The number of rotatable bonds is 28. The van der Waals surface area contributed by atoms with Gasteiger partial charge >= 0.3 is 47.8 Å². The SMILES string of the molecule is CC(O)CCOc1cc(OC(=O)CC(C)O)cc2c1C[C@@H](OC(=O)c1cc(OC(=O)CC(C)O)c(OC(=O)CC(C)O)c(OC(=O)CC(C)O)c1)[C@@H](c1cc(OC(=O)CC(C)O)c(OC(=O)CC(C)O)c(OC(=O)CC(C)O)c1)O2. The number of fused-ring (bicyclic) bond motifs is 1. The Balaban J connectivity index is 2.09. The number of carbonyl (C=O) groups is 8. The van der Waals surface area contributed by atoms with Gasteiger partial charge in [0.1, 0.15) is 23.4 Å². The Morgan fingerprint density at radius 3 is 1.16 bits per heavy atom. The minimum Gasteiger partial charge on any atom is -0.493 e. The second kappa shape index (κ2) is 30.3. The number of carbonyl (C=O) groups excluding carboxylic acids is 8. The molecule has 440 valence electrons. The zero-order valence-corrected chi connectivity index (χ0v) is 45.2. The van der Waals surface area contributed by atoms with Crippen LogP contribution in [0.5, 0.6) is 51.7 Å². The third-order valence-electron chi connectivity index (χ3n) is 10.6. The van der Waals surface area contributed by atoms with Crippen LogP contribution in [0.3, 0.4) is 0 Å². The quantitative estimate of drug-likeness (QED) is 0.0382. The normalized spacial score (nSPS) is 16.8. The first-order valence-corrected chi connectivity index (χ1v) is 25.4. The summed E-state index contributed by atoms with van der Waals surface area (Å²) in [7, 11) is 0. The molecule has 0 fully saturated rings. The molecule has 26 heteroatoms. The molecular formula is C54H68O26. The van der Waals surface area contributed by atoms with Gasteiger partial charge in [-0.25, -0.2) is 4.79 Å². The molecule has 3 aromatic rings. The highest BCUT2D eigenvalue weighted by molar-refractivity contribution is 5.93. The van der Waals surface area contributed by atoms with Crippen molar-refractivity contribution in [3.63, 3.8) is 0 Å². The van der Waals surface area contributed by atoms with Crippen LogP contribution in [0, 0.1) is 0 Å². The fraction of sp³-hybridized carbons (Fsp3) is 0.519. The van der Waals surface area contributed by atoms with E-state index in [4.69, 9.17) is 47.4 Å². The molecule has 8 N–H and O–H groups in total. The smallest absolute Gasteiger partial charge is 0.338 e. The van der Waals surface area contributed by atoms with Crippen LogP contribution >= 0.6 is 0 Å². The Morgan fingerprint density at radius 2 is 0.800 bits per heavy atom. The first-order chi connectivity index (χ1) is 37.5. The summed E-state index contributed by atoms with van der Waals surface area (Å²) < 4.78 is 57.4. The van der Waals surface area contributed by atoms with Crippen molar-refractivity contribution >= 4 is 47.8 Å². The van der Waals surface area contributed by atoms with Gasteiger partial charge in [0.2, 0.25) is 11.5 Å². The summed E-state index contributed by atoms with van der Waals surface area (Å²) in [6.45, 7) is 10.2. The Morgan fingerprint density at radius 1 is 0.450 bits per heavy atom. The van der Waals surface area contributed by atoms with E-state index in [0.717, 1.165) is 24.3 Å². The van der Waals surface area contributed by atoms with Crippen molar-refractivity contribution in [2.45, 2.75) is 174 Å². The summed E-state index contributed by atoms with van der Waals surface area (Å²) in [4.78, 5) is 107. The van der Waals surface area contributed by atoms with E-state index in [0.29, 0.717) is 0 Å². The molecule has 4 rings (SSSR count). The first-order valence-electron chi connectivity index (χ1n) is 25.4. The van der Waals surface area contributed by atoms with Crippen LogP contribution in [0.15, 0.2) is 36.4 Å². The van der Waals surface area contributed by atoms with Crippen LogP contribution in [0.25, 0.3) is 0 Å². The minimum absolute atomic E-state index is 0.0497. The number of esters is 8. The van der Waals surface area contributed by atoms with Crippen molar-refractivity contribution in [1.82, 2.24) is 0 Å². The zero-order valence-electron chi connectivity index (χ0n) is 45.2. The van der Waals surface area contributed by atoms with Gasteiger partial charge in [-0.15, -0.1) is 0 Å². The van der Waals surface area contributed by atoms with Gasteiger partial charge in [-0.05, 0) is 79.7 Å². The summed E-state index contributed by atoms with van der Waals surface area (Å²) in [5, 5.41) is 80.1. The van der Waals surface area contributed by atoms with Crippen molar-refractivity contribution in [1.29, 1.82) is 0 Å². The van der Waals surface area contributed by atoms with E-state index < -0.39 is 200 Å². The molecule has 80 heavy (non-hydrogen) atoms. The van der Waals surface area contributed by atoms with E-state index in [2.05, 4.69) is 0 Å². The van der Waals surface area contributed by atoms with Crippen molar-refractivity contribution in [2.24, 2.45) is 0 Å². The predicted molar refractivity (Wildman–Crippen MR) is 271 cm³/mol. The molecule has 0 amide bonds. The minimum atomic E-state index is -1.70. The second-order valence-electron chi connectivity index (χ2n) is 19.4. The monoisotopic (exact) mass is 1130 g/mol. The maximum Gasteiger partial charge on any atom is 0.338 e. The number of hydrogen-bond acceptors (Lipinski definition) is 26. The molecule has 26 nitrogen and oxygen atoms in total. The molecule has 0 saturated carbocycles. The lowest BCUT2D eigenvalue weighted by molar-refractivity contribution is -0.140. The van der Waals surface area contributed by atoms with Gasteiger partial charge in [-0.2, -0.15) is 0 Å². The Kier molecular flexibility index (Phi) is 24.7. The number of benzene rings is 3. The average Bonchev–Trinajstić information content (AvgIpc) is 3.29. The molecule has 0 saturated heterocycles. The fourth-order valence-corrected chi connectivity index (χ4v) is 7.33. The molecule has 0 aromatic heterocycles. The lowest BCUT2D eigenvalue weighted by atomic mass is 9.93. The van der Waals surface area contributed by atoms with Crippen LogP contribution in [0.4, 0.5) is 0 Å². The van der Waals surface area contributed by atoms with E-state index >= 15 is 0 Å². The van der Waals surface area contributed by atoms with E-state index in [1.54, 1.807) is 0 Å². The second-order valence-corrected chi connectivity index (χ2v) is 19.4. The van der Waals surface area contributed by atoms with Gasteiger partial charge in [-0.3, -0.25) is 33.6 Å². The summed E-state index contributed by atoms with van der Waals surface area (Å²) >= 11 is 0. The fourth-order valence-electron chi connectivity index (χ4n) is 7.33. The number of aliphatic hydroxyl groups excluding tert-OH is 8. The molecule has 0 aliphatic carbocycles. The summed E-state index contributed by atoms with van der Waals surface area (Å²) in [6, 6.07) is 6.31. The Bertz CT molecular complexity index is 2590. The summed E-state index contributed by atoms with van der Waals surface area (Å²) in [5.74, 6) is -13.7. The van der Waals surface area contributed by atoms with E-state index in [1.165, 1.54) is 67.5 Å². The van der Waals surface area contributed by atoms with Gasteiger partial charge in [0.25, 0.3) is 0 Å². The molecule has 1 heterocycles. The highest BCUT2D eigenvalue weighted by Gasteiger charge is 2.40. The van der Waals surface area contributed by atoms with Gasteiger partial charge in [0.15, 0.2) is 29.1 Å². The third kappa shape index (κ3) is 21.4. The van der Waals surface area contributed by atoms with Crippen LogP contribution in [-0.2, 0) is 44.7 Å². The molecule has 0 radical (unpaired) electrons. The molecule has 0 bridgehead atoms. The van der Waals surface area contributed by atoms with Crippen LogP contribution in [-0.4, -0.2) is 150 Å². The number of ether oxygens (including phenoxy) is 10. The standard InChI is InChI=1S/C54H68O26/c1-25(55)9-10-71-37-22-35(72-44(63)11-26(2)56)23-38-36(37)24-43(51(77-38)33-18-39(73-45(64)12-27(3)57)52(79-49(68)16-31(7)61)40(19-33)74-46(65)13-28(4)58)78-54(70)34-20-41(75-47(66)14-29(5)59)53(80-50(69)17-32(8)62)42(21-34)76-48(67)15-30(6)60/h18-23,25-32,43,51,55-62H,9-17,24H2,1-8H3/t25?,26?,27?,28?,29?,30?,31?,32?,43-,51-/m1/s1. The first kappa shape index (κ1) is 65.2. The highest BCUT2D eigenvalue weighted by Crippen LogP contribution is 2.48. The number of hydrogen-bond donors (Lipinski definition) is 8. The predicted octanol–water partition coefficient (Wildman–Crippen LogP) is 2.47. The topological polar surface area (TPSA) is 391 Å². The van der Waals surface area contributed by atoms with Gasteiger partial charge in [0, 0.05) is 36.1 Å². The maximum atomic E-state index is 14.8. The molecule has 3 aromatic carbocycles. The summed E-state index contributed by atoms with van der Waals surface area (Å²) in [5.41, 5.74) is -0.687. The van der Waals surface area contributed by atoms with Crippen molar-refractivity contribution in [3.05, 3.63) is 53.1 Å². The summed E-state index contributed by atoms with van der Waals surface area (Å²) in [6.07, 6.45) is -17.7. The maximum absolute atomic E-state index is 14.8. The number of aliphatic hydroxyl groups is 8. The van der Waals surface area contributed by atoms with Crippen LogP contribution in [0.1, 0.15) is 134 Å². The van der Waals surface area contributed by atoms with E-state index in [9.17, 15) is 79.2 Å². The van der Waals surface area contributed by atoms with Gasteiger partial charge in [0.05, 0.1) is 106 Å². The van der Waals surface area contributed by atoms with E-state index in [-0.39, 0.29) is 41.4 Å². The van der Waals surface area contributed by atoms with Crippen LogP contribution in [0.2, 0.25) is 0 Å². The molecule has 1 aliphatic rings. The third-order valence-corrected chi connectivity index (χ3v) is 10.6. The zero-order chi connectivity index (χ0) is 59.7. The Hall–Kier alpha value is -7.30. The van der Waals surface area contributed by atoms with Crippen molar-refractivity contribution in [3.8, 4) is 51.7 Å². The van der Waals surface area contributed by atoms with Gasteiger partial charge < -0.3 is 88.2 Å².